The minimum Gasteiger partial charge on any atom is -0.481 e. The van der Waals surface area contributed by atoms with Crippen LogP contribution in [0.25, 0.3) is 0 Å². The molecule has 0 aliphatic carbocycles. The predicted octanol–water partition coefficient (Wildman–Crippen LogP) is 4.43. The van der Waals surface area contributed by atoms with E-state index in [0.717, 1.165) is 37.6 Å². The van der Waals surface area contributed by atoms with E-state index < -0.39 is 11.9 Å². The number of methoxy groups -OCH3 is 1. The third kappa shape index (κ3) is 5.25. The molecule has 0 amide bonds. The van der Waals surface area contributed by atoms with Gasteiger partial charge in [0.2, 0.25) is 5.88 Å². The summed E-state index contributed by atoms with van der Waals surface area (Å²) in [5.41, 5.74) is 0.00844. The molecular weight excluding hydrogens is 388 g/mol. The Morgan fingerprint density at radius 2 is 1.76 bits per heavy atom. The lowest BCUT2D eigenvalue weighted by atomic mass is 9.73. The van der Waals surface area contributed by atoms with Crippen molar-refractivity contribution in [1.82, 2.24) is 9.88 Å². The third-order valence-electron chi connectivity index (χ3n) is 5.41. The number of aromatic nitrogens is 1. The van der Waals surface area contributed by atoms with Crippen LogP contribution in [0, 0.1) is 5.82 Å². The van der Waals surface area contributed by atoms with Crippen LogP contribution in [0.1, 0.15) is 29.7 Å². The molecule has 0 unspecified atom stereocenters. The van der Waals surface area contributed by atoms with Crippen LogP contribution in [-0.4, -0.2) is 43.7 Å². The van der Waals surface area contributed by atoms with Crippen molar-refractivity contribution in [3.63, 3.8) is 0 Å². The van der Waals surface area contributed by atoms with Gasteiger partial charge in [0, 0.05) is 11.5 Å². The summed E-state index contributed by atoms with van der Waals surface area (Å²) in [7, 11) is 3.31. The van der Waals surface area contributed by atoms with Gasteiger partial charge < -0.3 is 14.4 Å². The van der Waals surface area contributed by atoms with Crippen LogP contribution < -0.4 is 4.74 Å². The van der Waals surface area contributed by atoms with Crippen LogP contribution >= 0.6 is 0 Å². The molecule has 1 aromatic carbocycles. The molecule has 158 valence electrons. The first-order chi connectivity index (χ1) is 13.7. The van der Waals surface area contributed by atoms with Crippen molar-refractivity contribution < 1.29 is 27.0 Å². The van der Waals surface area contributed by atoms with Gasteiger partial charge in [0.05, 0.1) is 20.3 Å². The molecule has 1 aromatic heterocycles. The maximum absolute atomic E-state index is 13.4. The fourth-order valence-corrected chi connectivity index (χ4v) is 3.62. The van der Waals surface area contributed by atoms with Crippen LogP contribution in [-0.2, 0) is 22.9 Å². The summed E-state index contributed by atoms with van der Waals surface area (Å²) in [5.74, 6) is -0.410. The number of rotatable bonds is 6. The van der Waals surface area contributed by atoms with Crippen molar-refractivity contribution in [3.05, 3.63) is 59.0 Å². The lowest BCUT2D eigenvalue weighted by molar-refractivity contribution is -0.141. The average Bonchev–Trinajstić information content (AvgIpc) is 2.69. The Hall–Kier alpha value is -2.19. The molecule has 4 nitrogen and oxygen atoms in total. The van der Waals surface area contributed by atoms with Crippen LogP contribution in [0.2, 0.25) is 0 Å². The molecule has 2 heterocycles. The second-order valence-electron chi connectivity index (χ2n) is 7.48. The highest BCUT2D eigenvalue weighted by Gasteiger charge is 2.36. The zero-order valence-electron chi connectivity index (χ0n) is 16.4. The molecule has 3 rings (SSSR count). The molecule has 1 saturated heterocycles. The highest BCUT2D eigenvalue weighted by Crippen LogP contribution is 2.36. The van der Waals surface area contributed by atoms with Gasteiger partial charge in [0.15, 0.2) is 0 Å². The fraction of sp³-hybridized carbons (Fsp3) is 0.476. The lowest BCUT2D eigenvalue weighted by Crippen LogP contribution is -2.43. The summed E-state index contributed by atoms with van der Waals surface area (Å²) in [6.45, 7) is 2.06. The van der Waals surface area contributed by atoms with Gasteiger partial charge in [-0.1, -0.05) is 12.1 Å². The number of alkyl halides is 3. The van der Waals surface area contributed by atoms with Crippen molar-refractivity contribution in [1.29, 1.82) is 0 Å². The van der Waals surface area contributed by atoms with Gasteiger partial charge in [-0.3, -0.25) is 0 Å². The SMILES string of the molecule is COc1cc(COCC2(c3ccc(F)cc3)CCN(C)CC2)cc(C(F)(F)F)n1. The normalized spacial score (nSPS) is 17.3. The summed E-state index contributed by atoms with van der Waals surface area (Å²) in [5, 5.41) is 0. The van der Waals surface area contributed by atoms with Crippen LogP contribution in [0.15, 0.2) is 36.4 Å². The summed E-state index contributed by atoms with van der Waals surface area (Å²) in [4.78, 5) is 5.67. The number of piperidine rings is 1. The Morgan fingerprint density at radius 1 is 1.10 bits per heavy atom. The average molecular weight is 412 g/mol. The van der Waals surface area contributed by atoms with E-state index in [4.69, 9.17) is 9.47 Å². The zero-order valence-corrected chi connectivity index (χ0v) is 16.4. The summed E-state index contributed by atoms with van der Waals surface area (Å²) >= 11 is 0. The molecule has 0 N–H and O–H groups in total. The summed E-state index contributed by atoms with van der Waals surface area (Å²) < 4.78 is 63.3. The number of pyridine rings is 1. The van der Waals surface area contributed by atoms with E-state index in [-0.39, 0.29) is 23.7 Å². The number of benzene rings is 1. The summed E-state index contributed by atoms with van der Waals surface area (Å²) in [6, 6.07) is 8.80. The topological polar surface area (TPSA) is 34.6 Å². The highest BCUT2D eigenvalue weighted by atomic mass is 19.4. The van der Waals surface area contributed by atoms with E-state index in [0.29, 0.717) is 12.2 Å². The van der Waals surface area contributed by atoms with Crippen molar-refractivity contribution in [2.75, 3.05) is 33.9 Å². The largest absolute Gasteiger partial charge is 0.481 e. The van der Waals surface area contributed by atoms with E-state index in [1.165, 1.54) is 25.3 Å². The third-order valence-corrected chi connectivity index (χ3v) is 5.41. The number of hydrogen-bond donors (Lipinski definition) is 0. The van der Waals surface area contributed by atoms with Gasteiger partial charge in [0.1, 0.15) is 11.5 Å². The molecule has 0 radical (unpaired) electrons. The van der Waals surface area contributed by atoms with Gasteiger partial charge in [0.25, 0.3) is 0 Å². The monoisotopic (exact) mass is 412 g/mol. The van der Waals surface area contributed by atoms with Crippen molar-refractivity contribution >= 4 is 0 Å². The first-order valence-corrected chi connectivity index (χ1v) is 9.36. The number of nitrogens with zero attached hydrogens (tertiary/aromatic N) is 2. The van der Waals surface area contributed by atoms with Gasteiger partial charge in [-0.05, 0) is 62.3 Å². The maximum Gasteiger partial charge on any atom is 0.433 e. The van der Waals surface area contributed by atoms with Crippen LogP contribution in [0.3, 0.4) is 0 Å². The Kier molecular flexibility index (Phi) is 6.43. The van der Waals surface area contributed by atoms with Crippen molar-refractivity contribution in [2.24, 2.45) is 0 Å². The zero-order chi connectivity index (χ0) is 21.1. The van der Waals surface area contributed by atoms with E-state index in [2.05, 4.69) is 9.88 Å². The van der Waals surface area contributed by atoms with E-state index >= 15 is 0 Å². The first kappa shape index (κ1) is 21.5. The highest BCUT2D eigenvalue weighted by molar-refractivity contribution is 5.28. The minimum atomic E-state index is -4.56. The fourth-order valence-electron chi connectivity index (χ4n) is 3.62. The molecule has 8 heteroatoms. The van der Waals surface area contributed by atoms with Crippen LogP contribution in [0.4, 0.5) is 17.6 Å². The molecule has 0 atom stereocenters. The molecule has 1 fully saturated rings. The first-order valence-electron chi connectivity index (χ1n) is 9.36. The number of hydrogen-bond acceptors (Lipinski definition) is 4. The lowest BCUT2D eigenvalue weighted by Gasteiger charge is -2.41. The van der Waals surface area contributed by atoms with Crippen molar-refractivity contribution in [2.45, 2.75) is 31.0 Å². The number of likely N-dealkylation sites (tertiary alicyclic amines) is 1. The molecular formula is C21H24F4N2O2. The Labute approximate surface area is 167 Å². The van der Waals surface area contributed by atoms with Crippen LogP contribution in [0.5, 0.6) is 5.88 Å². The molecule has 1 aliphatic rings. The summed E-state index contributed by atoms with van der Waals surface area (Å²) in [6.07, 6.45) is -2.92. The number of halogens is 4. The second kappa shape index (κ2) is 8.67. The Bertz CT molecular complexity index is 816. The van der Waals surface area contributed by atoms with E-state index in [1.807, 2.05) is 7.05 Å². The molecule has 29 heavy (non-hydrogen) atoms. The quantitative estimate of drug-likeness (QED) is 0.658. The predicted molar refractivity (Wildman–Crippen MR) is 100 cm³/mol. The van der Waals surface area contributed by atoms with Gasteiger partial charge >= 0.3 is 6.18 Å². The van der Waals surface area contributed by atoms with Gasteiger partial charge in [-0.15, -0.1) is 0 Å². The molecule has 0 saturated carbocycles. The van der Waals surface area contributed by atoms with E-state index in [1.54, 1.807) is 12.1 Å². The molecule has 1 aliphatic heterocycles. The Balaban J connectivity index is 1.76. The van der Waals surface area contributed by atoms with E-state index in [9.17, 15) is 17.6 Å². The van der Waals surface area contributed by atoms with Gasteiger partial charge in [-0.25, -0.2) is 9.37 Å². The smallest absolute Gasteiger partial charge is 0.433 e. The maximum atomic E-state index is 13.4. The Morgan fingerprint density at radius 3 is 2.34 bits per heavy atom. The molecule has 0 bridgehead atoms. The van der Waals surface area contributed by atoms with Gasteiger partial charge in [-0.2, -0.15) is 13.2 Å². The standard InChI is InChI=1S/C21H24F4N2O2/c1-27-9-7-20(8-10-27,16-3-5-17(22)6-4-16)14-29-13-15-11-18(21(23,24)25)26-19(12-15)28-2/h3-6,11-12H,7-10,13-14H2,1-2H3. The second-order valence-corrected chi connectivity index (χ2v) is 7.48. The molecule has 2 aromatic rings. The minimum absolute atomic E-state index is 0.000738. The van der Waals surface area contributed by atoms with Crippen molar-refractivity contribution in [3.8, 4) is 5.88 Å². The molecule has 0 spiro atoms. The number of ether oxygens (including phenoxy) is 2.